The van der Waals surface area contributed by atoms with Gasteiger partial charge in [0.15, 0.2) is 0 Å². The maximum Gasteiger partial charge on any atom is 0.234 e. The molecule has 0 aromatic heterocycles. The van der Waals surface area contributed by atoms with Gasteiger partial charge in [0, 0.05) is 19.6 Å². The van der Waals surface area contributed by atoms with Gasteiger partial charge in [-0.15, -0.1) is 0 Å². The third kappa shape index (κ3) is 2.67. The van der Waals surface area contributed by atoms with E-state index in [2.05, 4.69) is 10.6 Å². The van der Waals surface area contributed by atoms with E-state index in [1.165, 1.54) is 0 Å². The highest BCUT2D eigenvalue weighted by molar-refractivity contribution is 5.78. The third-order valence-corrected chi connectivity index (χ3v) is 2.59. The number of hydrogen-bond donors (Lipinski definition) is 3. The molecule has 5 heteroatoms. The first-order chi connectivity index (χ1) is 6.58. The van der Waals surface area contributed by atoms with Gasteiger partial charge in [-0.3, -0.25) is 4.79 Å². The van der Waals surface area contributed by atoms with E-state index >= 15 is 0 Å². The average molecular weight is 202 g/mol. The number of aliphatic hydroxyl groups is 1. The number of amides is 1. The Kier molecular flexibility index (Phi) is 3.86. The lowest BCUT2D eigenvalue weighted by atomic mass is 9.97. The maximum atomic E-state index is 11.1. The lowest BCUT2D eigenvalue weighted by Gasteiger charge is -2.26. The molecule has 0 radical (unpaired) electrons. The minimum atomic E-state index is -0.899. The number of carbonyl (C=O) groups is 1. The normalized spacial score (nSPS) is 31.8. The van der Waals surface area contributed by atoms with Gasteiger partial charge in [-0.1, -0.05) is 0 Å². The third-order valence-electron chi connectivity index (χ3n) is 2.59. The molecule has 82 valence electrons. The van der Waals surface area contributed by atoms with Crippen LogP contribution in [-0.2, 0) is 9.53 Å². The summed E-state index contributed by atoms with van der Waals surface area (Å²) >= 11 is 0. The van der Waals surface area contributed by atoms with Crippen LogP contribution in [0.5, 0.6) is 0 Å². The number of hydrogen-bond acceptors (Lipinski definition) is 4. The van der Waals surface area contributed by atoms with Gasteiger partial charge in [-0.2, -0.15) is 0 Å². The molecule has 0 saturated carbocycles. The summed E-state index contributed by atoms with van der Waals surface area (Å²) in [6.07, 6.45) is 0.367. The summed E-state index contributed by atoms with van der Waals surface area (Å²) in [5.74, 6) is -0.111. The Labute approximate surface area is 83.8 Å². The van der Waals surface area contributed by atoms with Crippen LogP contribution in [0.3, 0.4) is 0 Å². The molecule has 2 unspecified atom stereocenters. The highest BCUT2D eigenvalue weighted by Gasteiger charge is 2.39. The first kappa shape index (κ1) is 11.4. The first-order valence-corrected chi connectivity index (χ1v) is 4.84. The predicted octanol–water partition coefficient (Wildman–Crippen LogP) is -1.14. The van der Waals surface area contributed by atoms with Crippen molar-refractivity contribution in [3.63, 3.8) is 0 Å². The molecular formula is C9H18N2O3. The number of ether oxygens (including phenoxy) is 1. The summed E-state index contributed by atoms with van der Waals surface area (Å²) in [5, 5.41) is 15.4. The van der Waals surface area contributed by atoms with E-state index in [1.807, 2.05) is 6.92 Å². The van der Waals surface area contributed by atoms with Gasteiger partial charge in [0.1, 0.15) is 5.60 Å². The molecule has 3 N–H and O–H groups in total. The van der Waals surface area contributed by atoms with Crippen LogP contribution in [0.15, 0.2) is 0 Å². The number of carbonyl (C=O) groups excluding carboxylic acids is 1. The monoisotopic (exact) mass is 202 g/mol. The van der Waals surface area contributed by atoms with Gasteiger partial charge in [-0.25, -0.2) is 0 Å². The van der Waals surface area contributed by atoms with Gasteiger partial charge in [0.25, 0.3) is 0 Å². The molecule has 0 spiro atoms. The van der Waals surface area contributed by atoms with Crippen molar-refractivity contribution in [1.82, 2.24) is 10.6 Å². The van der Waals surface area contributed by atoms with Crippen LogP contribution in [0.25, 0.3) is 0 Å². The van der Waals surface area contributed by atoms with E-state index in [9.17, 15) is 9.90 Å². The zero-order valence-electron chi connectivity index (χ0n) is 8.67. The van der Waals surface area contributed by atoms with Crippen LogP contribution in [0, 0.1) is 0 Å². The van der Waals surface area contributed by atoms with Crippen LogP contribution >= 0.6 is 0 Å². The van der Waals surface area contributed by atoms with Crippen molar-refractivity contribution < 1.29 is 14.6 Å². The molecule has 1 aliphatic heterocycles. The summed E-state index contributed by atoms with van der Waals surface area (Å²) in [6.45, 7) is 2.90. The standard InChI is InChI=1S/C9H18N2O3/c1-7-9(13,3-4-14-7)6-11-8(12)5-10-2/h7,10,13H,3-6H2,1-2H3,(H,11,12). The van der Waals surface area contributed by atoms with Crippen LogP contribution in [-0.4, -0.2) is 49.5 Å². The lowest BCUT2D eigenvalue weighted by Crippen LogP contribution is -2.48. The molecule has 1 heterocycles. The Hall–Kier alpha value is -0.650. The fourth-order valence-electron chi connectivity index (χ4n) is 1.48. The van der Waals surface area contributed by atoms with E-state index in [-0.39, 0.29) is 25.1 Å². The van der Waals surface area contributed by atoms with E-state index in [1.54, 1.807) is 7.05 Å². The van der Waals surface area contributed by atoms with Crippen molar-refractivity contribution in [2.45, 2.75) is 25.0 Å². The Bertz CT molecular complexity index is 210. The summed E-state index contributed by atoms with van der Waals surface area (Å²) in [4.78, 5) is 11.1. The topological polar surface area (TPSA) is 70.6 Å². The van der Waals surface area contributed by atoms with Crippen molar-refractivity contribution in [3.8, 4) is 0 Å². The Balaban J connectivity index is 2.32. The van der Waals surface area contributed by atoms with E-state index in [4.69, 9.17) is 4.74 Å². The Morgan fingerprint density at radius 3 is 2.93 bits per heavy atom. The summed E-state index contributed by atoms with van der Waals surface area (Å²) in [6, 6.07) is 0. The molecule has 0 bridgehead atoms. The fourth-order valence-corrected chi connectivity index (χ4v) is 1.48. The van der Waals surface area contributed by atoms with E-state index in [0.717, 1.165) is 0 Å². The Morgan fingerprint density at radius 1 is 1.71 bits per heavy atom. The van der Waals surface area contributed by atoms with Gasteiger partial charge in [0.05, 0.1) is 12.6 Å². The van der Waals surface area contributed by atoms with Crippen LogP contribution in [0.2, 0.25) is 0 Å². The van der Waals surface area contributed by atoms with Crippen LogP contribution in [0.1, 0.15) is 13.3 Å². The molecule has 1 aliphatic rings. The zero-order chi connectivity index (χ0) is 10.6. The summed E-state index contributed by atoms with van der Waals surface area (Å²) < 4.78 is 5.24. The second-order valence-corrected chi connectivity index (χ2v) is 3.67. The molecule has 2 atom stereocenters. The molecule has 14 heavy (non-hydrogen) atoms. The van der Waals surface area contributed by atoms with Gasteiger partial charge < -0.3 is 20.5 Å². The average Bonchev–Trinajstić information content (AvgIpc) is 2.46. The molecule has 1 rings (SSSR count). The summed E-state index contributed by atoms with van der Waals surface area (Å²) in [7, 11) is 1.70. The van der Waals surface area contributed by atoms with E-state index < -0.39 is 5.60 Å². The second kappa shape index (κ2) is 4.72. The number of nitrogens with one attached hydrogen (secondary N) is 2. The largest absolute Gasteiger partial charge is 0.385 e. The minimum Gasteiger partial charge on any atom is -0.385 e. The van der Waals surface area contributed by atoms with Crippen LogP contribution < -0.4 is 10.6 Å². The molecule has 1 amide bonds. The van der Waals surface area contributed by atoms with Crippen molar-refractivity contribution in [3.05, 3.63) is 0 Å². The number of likely N-dealkylation sites (N-methyl/N-ethyl adjacent to an activating group) is 1. The smallest absolute Gasteiger partial charge is 0.234 e. The summed E-state index contributed by atoms with van der Waals surface area (Å²) in [5.41, 5.74) is -0.899. The fraction of sp³-hybridized carbons (Fsp3) is 0.889. The molecular weight excluding hydrogens is 184 g/mol. The SMILES string of the molecule is CNCC(=O)NCC1(O)CCOC1C. The molecule has 0 aliphatic carbocycles. The first-order valence-electron chi connectivity index (χ1n) is 4.84. The van der Waals surface area contributed by atoms with Gasteiger partial charge >= 0.3 is 0 Å². The molecule has 5 nitrogen and oxygen atoms in total. The van der Waals surface area contributed by atoms with Crippen molar-refractivity contribution >= 4 is 5.91 Å². The lowest BCUT2D eigenvalue weighted by molar-refractivity contribution is -0.122. The second-order valence-electron chi connectivity index (χ2n) is 3.67. The molecule has 1 saturated heterocycles. The van der Waals surface area contributed by atoms with Crippen molar-refractivity contribution in [2.75, 3.05) is 26.7 Å². The predicted molar refractivity (Wildman–Crippen MR) is 51.9 cm³/mol. The molecule has 1 fully saturated rings. The van der Waals surface area contributed by atoms with Crippen molar-refractivity contribution in [1.29, 1.82) is 0 Å². The van der Waals surface area contributed by atoms with Crippen LogP contribution in [0.4, 0.5) is 0 Å². The highest BCUT2D eigenvalue weighted by atomic mass is 16.5. The highest BCUT2D eigenvalue weighted by Crippen LogP contribution is 2.24. The molecule has 0 aromatic carbocycles. The van der Waals surface area contributed by atoms with Gasteiger partial charge in [0.2, 0.25) is 5.91 Å². The number of rotatable bonds is 4. The van der Waals surface area contributed by atoms with Crippen molar-refractivity contribution in [2.24, 2.45) is 0 Å². The maximum absolute atomic E-state index is 11.1. The minimum absolute atomic E-state index is 0.111. The van der Waals surface area contributed by atoms with Gasteiger partial charge in [-0.05, 0) is 14.0 Å². The molecule has 0 aromatic rings. The Morgan fingerprint density at radius 2 is 2.43 bits per heavy atom. The zero-order valence-corrected chi connectivity index (χ0v) is 8.67. The quantitative estimate of drug-likeness (QED) is 0.539. The van der Waals surface area contributed by atoms with E-state index in [0.29, 0.717) is 13.0 Å².